The Bertz CT molecular complexity index is 187. The third-order valence-electron chi connectivity index (χ3n) is 1.44. The molecule has 0 rings (SSSR count). The molecule has 0 radical (unpaired) electrons. The van der Waals surface area contributed by atoms with Crippen molar-refractivity contribution >= 4 is 33.8 Å². The van der Waals surface area contributed by atoms with Crippen LogP contribution in [0.15, 0.2) is 0 Å². The van der Waals surface area contributed by atoms with Crippen LogP contribution in [0.2, 0.25) is 0 Å². The lowest BCUT2D eigenvalue weighted by Gasteiger charge is -2.04. The smallest absolute Gasteiger partial charge is 0.185 e. The largest absolute Gasteiger partial charge is 0.378 e. The first-order valence-electron chi connectivity index (χ1n) is 5.05. The summed E-state index contributed by atoms with van der Waals surface area (Å²) in [6.45, 7) is 5.28. The minimum absolute atomic E-state index is 0.112. The normalized spacial score (nSPS) is 10.4. The molecular weight excluding hydrogens is 248 g/mol. The van der Waals surface area contributed by atoms with Crippen LogP contribution in [0.25, 0.3) is 0 Å². The molecule has 0 spiro atoms. The summed E-state index contributed by atoms with van der Waals surface area (Å²) in [5, 5.41) is 0.224. The van der Waals surface area contributed by atoms with Crippen molar-refractivity contribution in [2.24, 2.45) is 0 Å². The van der Waals surface area contributed by atoms with Crippen LogP contribution in [0, 0.1) is 0 Å². The number of rotatable bonds is 9. The van der Waals surface area contributed by atoms with Crippen molar-refractivity contribution in [3.8, 4) is 0 Å². The second-order valence-electron chi connectivity index (χ2n) is 2.90. The molecule has 0 saturated carbocycles. The second-order valence-corrected chi connectivity index (χ2v) is 5.45. The number of carbonyl (C=O) groups excluding carboxylic acids is 2. The lowest BCUT2D eigenvalue weighted by molar-refractivity contribution is -0.109. The van der Waals surface area contributed by atoms with E-state index in [0.29, 0.717) is 37.9 Å². The van der Waals surface area contributed by atoms with Gasteiger partial charge in [-0.15, -0.1) is 0 Å². The van der Waals surface area contributed by atoms with E-state index in [2.05, 4.69) is 0 Å². The SMILES string of the molecule is CC(=O)SCCOCCOCCSC(C)=O. The van der Waals surface area contributed by atoms with Gasteiger partial charge in [0, 0.05) is 25.4 Å². The van der Waals surface area contributed by atoms with Gasteiger partial charge in [-0.05, 0) is 0 Å². The van der Waals surface area contributed by atoms with E-state index >= 15 is 0 Å². The number of carbonyl (C=O) groups is 2. The summed E-state index contributed by atoms with van der Waals surface area (Å²) in [5.41, 5.74) is 0. The summed E-state index contributed by atoms with van der Waals surface area (Å²) in [6, 6.07) is 0. The highest BCUT2D eigenvalue weighted by molar-refractivity contribution is 8.13. The van der Waals surface area contributed by atoms with Crippen LogP contribution in [0.5, 0.6) is 0 Å². The molecule has 0 aromatic carbocycles. The van der Waals surface area contributed by atoms with Gasteiger partial charge in [-0.3, -0.25) is 9.59 Å². The monoisotopic (exact) mass is 266 g/mol. The van der Waals surface area contributed by atoms with Crippen LogP contribution in [0.4, 0.5) is 0 Å². The molecule has 0 aromatic heterocycles. The molecule has 0 aromatic rings. The van der Waals surface area contributed by atoms with Crippen LogP contribution in [-0.4, -0.2) is 48.2 Å². The highest BCUT2D eigenvalue weighted by Crippen LogP contribution is 2.00. The van der Waals surface area contributed by atoms with E-state index in [1.807, 2.05) is 0 Å². The number of thioether (sulfide) groups is 2. The average molecular weight is 266 g/mol. The van der Waals surface area contributed by atoms with Crippen molar-refractivity contribution in [3.05, 3.63) is 0 Å². The molecule has 94 valence electrons. The predicted octanol–water partition coefficient (Wildman–Crippen LogP) is 1.58. The van der Waals surface area contributed by atoms with E-state index in [-0.39, 0.29) is 10.2 Å². The van der Waals surface area contributed by atoms with Crippen molar-refractivity contribution in [3.63, 3.8) is 0 Å². The van der Waals surface area contributed by atoms with Crippen LogP contribution in [0.3, 0.4) is 0 Å². The van der Waals surface area contributed by atoms with E-state index in [9.17, 15) is 9.59 Å². The lowest BCUT2D eigenvalue weighted by Crippen LogP contribution is -2.08. The second kappa shape index (κ2) is 11.4. The van der Waals surface area contributed by atoms with Crippen LogP contribution in [-0.2, 0) is 19.1 Å². The molecule has 0 saturated heterocycles. The van der Waals surface area contributed by atoms with Crippen LogP contribution >= 0.6 is 23.5 Å². The molecule has 0 aliphatic heterocycles. The Kier molecular flexibility index (Phi) is 11.4. The molecule has 0 unspecified atom stereocenters. The Morgan fingerprint density at radius 3 is 1.50 bits per heavy atom. The third kappa shape index (κ3) is 14.0. The topological polar surface area (TPSA) is 52.6 Å². The van der Waals surface area contributed by atoms with Gasteiger partial charge in [0.1, 0.15) is 0 Å². The zero-order valence-electron chi connectivity index (χ0n) is 9.69. The number of hydrogen-bond donors (Lipinski definition) is 0. The molecule has 0 bridgehead atoms. The first kappa shape index (κ1) is 16.0. The van der Waals surface area contributed by atoms with E-state index in [1.54, 1.807) is 13.8 Å². The number of ether oxygens (including phenoxy) is 2. The van der Waals surface area contributed by atoms with Crippen molar-refractivity contribution < 1.29 is 19.1 Å². The summed E-state index contributed by atoms with van der Waals surface area (Å²) in [6.07, 6.45) is 0. The van der Waals surface area contributed by atoms with Gasteiger partial charge in [-0.25, -0.2) is 0 Å². The zero-order chi connectivity index (χ0) is 12.2. The molecule has 0 fully saturated rings. The fraction of sp³-hybridized carbons (Fsp3) is 0.800. The van der Waals surface area contributed by atoms with E-state index in [4.69, 9.17) is 9.47 Å². The molecule has 4 nitrogen and oxygen atoms in total. The quantitative estimate of drug-likeness (QED) is 0.591. The average Bonchev–Trinajstić information content (AvgIpc) is 2.20. The third-order valence-corrected chi connectivity index (χ3v) is 2.99. The molecule has 0 aliphatic carbocycles. The van der Waals surface area contributed by atoms with E-state index in [0.717, 1.165) is 0 Å². The minimum atomic E-state index is 0.112. The number of hydrogen-bond acceptors (Lipinski definition) is 6. The van der Waals surface area contributed by atoms with Crippen LogP contribution in [0.1, 0.15) is 13.8 Å². The Labute approximate surface area is 105 Å². The summed E-state index contributed by atoms with van der Waals surface area (Å²) in [5.74, 6) is 1.38. The maximum atomic E-state index is 10.6. The first-order valence-corrected chi connectivity index (χ1v) is 7.02. The van der Waals surface area contributed by atoms with Crippen molar-refractivity contribution in [1.82, 2.24) is 0 Å². The van der Waals surface area contributed by atoms with Gasteiger partial charge >= 0.3 is 0 Å². The molecule has 0 atom stereocenters. The standard InChI is InChI=1S/C10H18O4S2/c1-9(11)15-7-5-13-3-4-14-6-8-16-10(2)12/h3-8H2,1-2H3. The van der Waals surface area contributed by atoms with Crippen molar-refractivity contribution in [2.45, 2.75) is 13.8 Å². The van der Waals surface area contributed by atoms with E-state index in [1.165, 1.54) is 23.5 Å². The van der Waals surface area contributed by atoms with Crippen molar-refractivity contribution in [1.29, 1.82) is 0 Å². The van der Waals surface area contributed by atoms with Gasteiger partial charge in [0.15, 0.2) is 10.2 Å². The van der Waals surface area contributed by atoms with Gasteiger partial charge in [0.05, 0.1) is 26.4 Å². The molecular formula is C10H18O4S2. The Hall–Kier alpha value is -0.0400. The summed E-state index contributed by atoms with van der Waals surface area (Å²) >= 11 is 2.52. The fourth-order valence-corrected chi connectivity index (χ4v) is 1.79. The molecule has 0 aliphatic rings. The molecule has 16 heavy (non-hydrogen) atoms. The summed E-state index contributed by atoms with van der Waals surface area (Å²) in [7, 11) is 0. The fourth-order valence-electron chi connectivity index (χ4n) is 0.811. The lowest BCUT2D eigenvalue weighted by atomic mass is 10.7. The summed E-state index contributed by atoms with van der Waals surface area (Å²) in [4.78, 5) is 21.1. The highest BCUT2D eigenvalue weighted by atomic mass is 32.2. The Morgan fingerprint density at radius 2 is 1.19 bits per heavy atom. The highest BCUT2D eigenvalue weighted by Gasteiger charge is 1.96. The maximum Gasteiger partial charge on any atom is 0.185 e. The minimum Gasteiger partial charge on any atom is -0.378 e. The molecule has 6 heteroatoms. The van der Waals surface area contributed by atoms with Crippen LogP contribution < -0.4 is 0 Å². The predicted molar refractivity (Wildman–Crippen MR) is 67.9 cm³/mol. The molecule has 0 heterocycles. The Balaban J connectivity index is 2.98. The van der Waals surface area contributed by atoms with Gasteiger partial charge in [-0.1, -0.05) is 23.5 Å². The molecule has 0 amide bonds. The first-order chi connectivity index (χ1) is 7.63. The maximum absolute atomic E-state index is 10.6. The van der Waals surface area contributed by atoms with Crippen molar-refractivity contribution in [2.75, 3.05) is 37.9 Å². The van der Waals surface area contributed by atoms with Gasteiger partial charge in [-0.2, -0.15) is 0 Å². The van der Waals surface area contributed by atoms with Gasteiger partial charge < -0.3 is 9.47 Å². The zero-order valence-corrected chi connectivity index (χ0v) is 11.3. The van der Waals surface area contributed by atoms with Gasteiger partial charge in [0.25, 0.3) is 0 Å². The Morgan fingerprint density at radius 1 is 0.812 bits per heavy atom. The molecule has 0 N–H and O–H groups in total. The van der Waals surface area contributed by atoms with Gasteiger partial charge in [0.2, 0.25) is 0 Å². The summed E-state index contributed by atoms with van der Waals surface area (Å²) < 4.78 is 10.5. The van der Waals surface area contributed by atoms with E-state index < -0.39 is 0 Å².